The van der Waals surface area contributed by atoms with Gasteiger partial charge in [-0.3, -0.25) is 4.79 Å². The second kappa shape index (κ2) is 24.1. The van der Waals surface area contributed by atoms with E-state index in [1.807, 2.05) is 0 Å². The highest BCUT2D eigenvalue weighted by Crippen LogP contribution is 2.23. The van der Waals surface area contributed by atoms with E-state index in [4.69, 9.17) is 28.8 Å². The number of rotatable bonds is 26. The van der Waals surface area contributed by atoms with Crippen molar-refractivity contribution in [3.8, 4) is 0 Å². The highest BCUT2D eigenvalue weighted by molar-refractivity contribution is 5.69. The number of hydrogen-bond acceptors (Lipinski definition) is 18. The first-order valence-corrected chi connectivity index (χ1v) is 16.4. The van der Waals surface area contributed by atoms with Gasteiger partial charge in [-0.25, -0.2) is 0 Å². The third-order valence-electron chi connectivity index (χ3n) is 7.74. The first kappa shape index (κ1) is 44.9. The predicted octanol–water partition coefficient (Wildman–Crippen LogP) is -3.90. The van der Waals surface area contributed by atoms with Gasteiger partial charge in [0, 0.05) is 19.6 Å². The molecule has 0 saturated carbocycles. The van der Waals surface area contributed by atoms with Crippen molar-refractivity contribution in [3.05, 3.63) is 0 Å². The topological polar surface area (TPSA) is 306 Å². The van der Waals surface area contributed by atoms with Gasteiger partial charge >= 0.3 is 5.97 Å². The van der Waals surface area contributed by atoms with Crippen molar-refractivity contribution in [1.82, 2.24) is 0 Å². The SMILES string of the molecule is CC(C)OC(=O)CCCCCCCCOC(O)C(O)C(OC(O)C(O)C(O)C(O)CCO)C(O)CCOC1OC(CO)C(O)C(O)C1O. The van der Waals surface area contributed by atoms with Crippen molar-refractivity contribution >= 4 is 5.97 Å². The highest BCUT2D eigenvalue weighted by atomic mass is 16.7. The molecule has 1 fully saturated rings. The van der Waals surface area contributed by atoms with E-state index in [0.717, 1.165) is 19.3 Å². The second-order valence-corrected chi connectivity index (χ2v) is 12.1. The van der Waals surface area contributed by atoms with E-state index < -0.39 is 106 Å². The summed E-state index contributed by atoms with van der Waals surface area (Å²) in [6.07, 6.45) is -20.0. The average molecular weight is 707 g/mol. The Morgan fingerprint density at radius 3 is 1.94 bits per heavy atom. The van der Waals surface area contributed by atoms with Gasteiger partial charge in [-0.15, -0.1) is 0 Å². The predicted molar refractivity (Wildman–Crippen MR) is 162 cm³/mol. The lowest BCUT2D eigenvalue weighted by molar-refractivity contribution is -0.304. The molecule has 13 atom stereocenters. The van der Waals surface area contributed by atoms with Gasteiger partial charge < -0.3 is 85.0 Å². The average Bonchev–Trinajstić information content (AvgIpc) is 3.04. The zero-order valence-electron chi connectivity index (χ0n) is 27.6. The van der Waals surface area contributed by atoms with Crippen LogP contribution in [0.25, 0.3) is 0 Å². The number of carbonyl (C=O) groups excluding carboxylic acids is 1. The summed E-state index contributed by atoms with van der Waals surface area (Å²) in [5, 5.41) is 121. The lowest BCUT2D eigenvalue weighted by Gasteiger charge is -2.39. The van der Waals surface area contributed by atoms with Crippen LogP contribution in [0, 0.1) is 0 Å². The van der Waals surface area contributed by atoms with Crippen LogP contribution in [0.4, 0.5) is 0 Å². The molecule has 13 unspecified atom stereocenters. The third kappa shape index (κ3) is 15.8. The highest BCUT2D eigenvalue weighted by Gasteiger charge is 2.44. The molecule has 0 radical (unpaired) electrons. The normalized spacial score (nSPS) is 26.8. The van der Waals surface area contributed by atoms with E-state index in [-0.39, 0.29) is 25.1 Å². The Kier molecular flexibility index (Phi) is 22.5. The van der Waals surface area contributed by atoms with Crippen molar-refractivity contribution in [3.63, 3.8) is 0 Å². The summed E-state index contributed by atoms with van der Waals surface area (Å²) in [5.41, 5.74) is 0. The van der Waals surface area contributed by atoms with E-state index >= 15 is 0 Å². The minimum atomic E-state index is -2.33. The summed E-state index contributed by atoms with van der Waals surface area (Å²) in [7, 11) is 0. The summed E-state index contributed by atoms with van der Waals surface area (Å²) in [5.74, 6) is -0.239. The van der Waals surface area contributed by atoms with Crippen molar-refractivity contribution in [1.29, 1.82) is 0 Å². The molecule has 18 nitrogen and oxygen atoms in total. The number of aliphatic hydroxyl groups is 12. The van der Waals surface area contributed by atoms with Crippen molar-refractivity contribution < 1.29 is 89.8 Å². The zero-order valence-corrected chi connectivity index (χ0v) is 27.6. The number of esters is 1. The van der Waals surface area contributed by atoms with Crippen LogP contribution >= 0.6 is 0 Å². The molecule has 0 spiro atoms. The van der Waals surface area contributed by atoms with E-state index in [1.165, 1.54) is 0 Å². The number of hydrogen-bond donors (Lipinski definition) is 12. The molecule has 1 aliphatic rings. The summed E-state index contributed by atoms with van der Waals surface area (Å²) < 4.78 is 26.1. The summed E-state index contributed by atoms with van der Waals surface area (Å²) in [6, 6.07) is 0. The molecule has 1 heterocycles. The quantitative estimate of drug-likeness (QED) is 0.0232. The lowest BCUT2D eigenvalue weighted by Crippen LogP contribution is -2.59. The molecule has 1 aliphatic heterocycles. The minimum Gasteiger partial charge on any atom is -0.463 e. The van der Waals surface area contributed by atoms with Crippen molar-refractivity contribution in [2.24, 2.45) is 0 Å². The number of unbranched alkanes of at least 4 members (excludes halogenated alkanes) is 5. The van der Waals surface area contributed by atoms with Crippen molar-refractivity contribution in [2.75, 3.05) is 26.4 Å². The van der Waals surface area contributed by atoms with Crippen LogP contribution in [0.5, 0.6) is 0 Å². The fourth-order valence-electron chi connectivity index (χ4n) is 4.88. The molecule has 1 rings (SSSR count). The van der Waals surface area contributed by atoms with Crippen LogP contribution in [0.2, 0.25) is 0 Å². The van der Waals surface area contributed by atoms with Crippen LogP contribution < -0.4 is 0 Å². The van der Waals surface area contributed by atoms with E-state index in [9.17, 15) is 61.0 Å². The first-order chi connectivity index (χ1) is 22.7. The van der Waals surface area contributed by atoms with Gasteiger partial charge in [0.2, 0.25) is 0 Å². The fourth-order valence-corrected chi connectivity index (χ4v) is 4.88. The Hall–Kier alpha value is -1.17. The zero-order chi connectivity index (χ0) is 36.4. The van der Waals surface area contributed by atoms with Gasteiger partial charge in [-0.2, -0.15) is 0 Å². The molecule has 12 N–H and O–H groups in total. The van der Waals surface area contributed by atoms with Crippen LogP contribution in [0.3, 0.4) is 0 Å². The third-order valence-corrected chi connectivity index (χ3v) is 7.74. The molecule has 48 heavy (non-hydrogen) atoms. The molecule has 286 valence electrons. The van der Waals surface area contributed by atoms with Crippen LogP contribution in [0.15, 0.2) is 0 Å². The maximum absolute atomic E-state index is 11.6. The summed E-state index contributed by atoms with van der Waals surface area (Å²) in [4.78, 5) is 11.6. The van der Waals surface area contributed by atoms with Gasteiger partial charge in [-0.1, -0.05) is 25.7 Å². The van der Waals surface area contributed by atoms with Crippen LogP contribution in [-0.2, 0) is 28.5 Å². The van der Waals surface area contributed by atoms with E-state index in [2.05, 4.69) is 0 Å². The Bertz CT molecular complexity index is 836. The minimum absolute atomic E-state index is 0.0147. The van der Waals surface area contributed by atoms with E-state index in [1.54, 1.807) is 13.8 Å². The van der Waals surface area contributed by atoms with Gasteiger partial charge in [0.1, 0.15) is 48.8 Å². The maximum Gasteiger partial charge on any atom is 0.306 e. The van der Waals surface area contributed by atoms with Crippen LogP contribution in [0.1, 0.15) is 71.6 Å². The molecule has 0 aromatic heterocycles. The lowest BCUT2D eigenvalue weighted by atomic mass is 9.99. The smallest absolute Gasteiger partial charge is 0.306 e. The van der Waals surface area contributed by atoms with Gasteiger partial charge in [0.25, 0.3) is 0 Å². The molecular formula is C30H58O18. The standard InChI is InChI=1S/C30H58O18/c1-16(2)46-20(35)9-7-5-3-4-6-8-13-44-28(42)26(41)27(48-29(43)24(39)21(36)17(33)10-12-31)18(34)11-14-45-30-25(40)23(38)22(37)19(15-32)47-30/h16-19,21-34,36-43H,3-15H2,1-2H3. The first-order valence-electron chi connectivity index (χ1n) is 16.4. The van der Waals surface area contributed by atoms with Gasteiger partial charge in [0.05, 0.1) is 31.5 Å². The Morgan fingerprint density at radius 1 is 0.708 bits per heavy atom. The molecule has 0 aromatic carbocycles. The monoisotopic (exact) mass is 706 g/mol. The Morgan fingerprint density at radius 2 is 1.33 bits per heavy atom. The van der Waals surface area contributed by atoms with Crippen LogP contribution in [-0.4, -0.2) is 180 Å². The number of aliphatic hydroxyl groups excluding tert-OH is 12. The Labute approximate surface area is 280 Å². The molecule has 1 saturated heterocycles. The molecule has 0 amide bonds. The summed E-state index contributed by atoms with van der Waals surface area (Å²) in [6.45, 7) is 1.84. The van der Waals surface area contributed by atoms with Gasteiger partial charge in [0.15, 0.2) is 18.9 Å². The Balaban J connectivity index is 2.72. The fraction of sp³-hybridized carbons (Fsp3) is 0.967. The molecule has 0 aromatic rings. The largest absolute Gasteiger partial charge is 0.463 e. The van der Waals surface area contributed by atoms with Gasteiger partial charge in [-0.05, 0) is 39.5 Å². The molecule has 18 heteroatoms. The molecular weight excluding hydrogens is 648 g/mol. The summed E-state index contributed by atoms with van der Waals surface area (Å²) >= 11 is 0. The van der Waals surface area contributed by atoms with E-state index in [0.29, 0.717) is 25.7 Å². The molecule has 0 aliphatic carbocycles. The number of ether oxygens (including phenoxy) is 5. The molecule has 0 bridgehead atoms. The van der Waals surface area contributed by atoms with Crippen molar-refractivity contribution in [2.45, 2.75) is 158 Å². The number of carbonyl (C=O) groups is 1. The second-order valence-electron chi connectivity index (χ2n) is 12.1. The maximum atomic E-state index is 11.6.